The van der Waals surface area contributed by atoms with Crippen molar-refractivity contribution in [2.75, 3.05) is 0 Å². The zero-order valence-electron chi connectivity index (χ0n) is 7.37. The van der Waals surface area contributed by atoms with Crippen molar-refractivity contribution >= 4 is 15.9 Å². The molecular formula is C8H5BrF5N. The van der Waals surface area contributed by atoms with Gasteiger partial charge < -0.3 is 0 Å². The second-order valence-electron chi connectivity index (χ2n) is 2.80. The third-order valence-electron chi connectivity index (χ3n) is 1.74. The van der Waals surface area contributed by atoms with Crippen LogP contribution in [0.3, 0.4) is 0 Å². The number of rotatable bonds is 1. The molecule has 0 amide bonds. The Labute approximate surface area is 90.4 Å². The Morgan fingerprint density at radius 3 is 2.27 bits per heavy atom. The quantitative estimate of drug-likeness (QED) is 0.709. The van der Waals surface area contributed by atoms with Crippen LogP contribution in [-0.2, 0) is 6.18 Å². The Bertz CT molecular complexity index is 374. The molecule has 0 radical (unpaired) electrons. The number of hydrogen-bond acceptors (Lipinski definition) is 1. The summed E-state index contributed by atoms with van der Waals surface area (Å²) in [6.45, 7) is 1.28. The summed E-state index contributed by atoms with van der Waals surface area (Å²) in [5.74, 6) is 0. The van der Waals surface area contributed by atoms with Crippen molar-refractivity contribution in [1.82, 2.24) is 4.98 Å². The van der Waals surface area contributed by atoms with Crippen molar-refractivity contribution in [3.8, 4) is 0 Å². The predicted molar refractivity (Wildman–Crippen MR) is 46.6 cm³/mol. The van der Waals surface area contributed by atoms with Gasteiger partial charge in [-0.25, -0.2) is 13.8 Å². The van der Waals surface area contributed by atoms with Gasteiger partial charge in [0.05, 0.1) is 0 Å². The summed E-state index contributed by atoms with van der Waals surface area (Å²) in [7, 11) is 0. The fourth-order valence-electron chi connectivity index (χ4n) is 0.954. The molecule has 1 rings (SSSR count). The van der Waals surface area contributed by atoms with Gasteiger partial charge in [-0.1, -0.05) is 15.9 Å². The molecule has 0 aliphatic carbocycles. The number of pyridine rings is 1. The first-order chi connectivity index (χ1) is 6.73. The van der Waals surface area contributed by atoms with Gasteiger partial charge in [-0.3, -0.25) is 0 Å². The number of hydrogen-bond donors (Lipinski definition) is 0. The third-order valence-corrected chi connectivity index (χ3v) is 2.57. The van der Waals surface area contributed by atoms with Crippen LogP contribution in [0.15, 0.2) is 10.5 Å². The van der Waals surface area contributed by atoms with Gasteiger partial charge >= 0.3 is 6.18 Å². The summed E-state index contributed by atoms with van der Waals surface area (Å²) >= 11 is 2.78. The van der Waals surface area contributed by atoms with Crippen LogP contribution in [0.5, 0.6) is 0 Å². The highest BCUT2D eigenvalue weighted by atomic mass is 79.9. The van der Waals surface area contributed by atoms with Gasteiger partial charge in [0.15, 0.2) is 0 Å². The zero-order valence-corrected chi connectivity index (χ0v) is 8.96. The summed E-state index contributed by atoms with van der Waals surface area (Å²) in [6, 6.07) is 0.682. The summed E-state index contributed by atoms with van der Waals surface area (Å²) in [4.78, 5) is 2.90. The van der Waals surface area contributed by atoms with Crippen molar-refractivity contribution < 1.29 is 22.0 Å². The van der Waals surface area contributed by atoms with Crippen molar-refractivity contribution in [2.45, 2.75) is 19.5 Å². The molecule has 0 saturated carbocycles. The van der Waals surface area contributed by atoms with Crippen LogP contribution in [0.1, 0.15) is 23.4 Å². The second kappa shape index (κ2) is 4.03. The van der Waals surface area contributed by atoms with Crippen molar-refractivity contribution in [3.05, 3.63) is 27.5 Å². The first kappa shape index (κ1) is 12.4. The molecule has 1 aromatic heterocycles. The molecule has 84 valence electrons. The first-order valence-corrected chi connectivity index (χ1v) is 4.55. The zero-order chi connectivity index (χ0) is 11.8. The smallest absolute Gasteiger partial charge is 0.242 e. The van der Waals surface area contributed by atoms with E-state index in [0.717, 1.165) is 0 Å². The highest BCUT2D eigenvalue weighted by Gasteiger charge is 2.34. The Hall–Kier alpha value is -0.720. The van der Waals surface area contributed by atoms with E-state index in [4.69, 9.17) is 0 Å². The molecule has 0 aliphatic heterocycles. The van der Waals surface area contributed by atoms with E-state index in [0.29, 0.717) is 6.07 Å². The molecule has 15 heavy (non-hydrogen) atoms. The lowest BCUT2D eigenvalue weighted by Gasteiger charge is -2.11. The molecule has 1 heterocycles. The number of alkyl halides is 5. The molecule has 0 aliphatic rings. The molecule has 0 aromatic carbocycles. The maximum absolute atomic E-state index is 12.3. The molecule has 0 bridgehead atoms. The Balaban J connectivity index is 3.36. The lowest BCUT2D eigenvalue weighted by atomic mass is 10.2. The molecular weight excluding hydrogens is 285 g/mol. The summed E-state index contributed by atoms with van der Waals surface area (Å²) < 4.78 is 61.3. The van der Waals surface area contributed by atoms with Gasteiger partial charge in [-0.2, -0.15) is 13.2 Å². The third kappa shape index (κ3) is 2.64. The largest absolute Gasteiger partial charge is 0.433 e. The summed E-state index contributed by atoms with van der Waals surface area (Å²) in [6.07, 6.45) is -7.75. The van der Waals surface area contributed by atoms with Crippen LogP contribution in [-0.4, -0.2) is 4.98 Å². The van der Waals surface area contributed by atoms with Crippen LogP contribution in [0.4, 0.5) is 22.0 Å². The SMILES string of the molecule is Cc1c(Br)cc(C(F)(F)F)nc1C(F)F. The minimum Gasteiger partial charge on any atom is -0.242 e. The Kier molecular flexibility index (Phi) is 3.32. The predicted octanol–water partition coefficient (Wildman–Crippen LogP) is 4.11. The van der Waals surface area contributed by atoms with Gasteiger partial charge in [0.1, 0.15) is 11.4 Å². The maximum Gasteiger partial charge on any atom is 0.433 e. The fraction of sp³-hybridized carbons (Fsp3) is 0.375. The normalized spacial score (nSPS) is 12.3. The van der Waals surface area contributed by atoms with E-state index in [9.17, 15) is 22.0 Å². The number of halogens is 6. The van der Waals surface area contributed by atoms with E-state index in [1.807, 2.05) is 0 Å². The van der Waals surface area contributed by atoms with Gasteiger partial charge in [-0.05, 0) is 18.6 Å². The van der Waals surface area contributed by atoms with Crippen molar-refractivity contribution in [3.63, 3.8) is 0 Å². The molecule has 0 saturated heterocycles. The topological polar surface area (TPSA) is 12.9 Å². The number of nitrogens with zero attached hydrogens (tertiary/aromatic N) is 1. The van der Waals surface area contributed by atoms with E-state index < -0.39 is 24.0 Å². The standard InChI is InChI=1S/C8H5BrF5N/c1-3-4(9)2-5(8(12,13)14)15-6(3)7(10)11/h2,7H,1H3. The second-order valence-corrected chi connectivity index (χ2v) is 3.65. The first-order valence-electron chi connectivity index (χ1n) is 3.76. The molecule has 1 nitrogen and oxygen atoms in total. The molecule has 7 heteroatoms. The molecule has 0 fully saturated rings. The Morgan fingerprint density at radius 2 is 1.87 bits per heavy atom. The van der Waals surface area contributed by atoms with Gasteiger partial charge in [-0.15, -0.1) is 0 Å². The van der Waals surface area contributed by atoms with E-state index in [2.05, 4.69) is 20.9 Å². The highest BCUT2D eigenvalue weighted by Crippen LogP contribution is 2.34. The molecule has 0 unspecified atom stereocenters. The Morgan fingerprint density at radius 1 is 1.33 bits per heavy atom. The molecule has 0 N–H and O–H groups in total. The van der Waals surface area contributed by atoms with Crippen LogP contribution < -0.4 is 0 Å². The average molecular weight is 290 g/mol. The van der Waals surface area contributed by atoms with E-state index in [-0.39, 0.29) is 10.0 Å². The van der Waals surface area contributed by atoms with Crippen LogP contribution in [0.25, 0.3) is 0 Å². The average Bonchev–Trinajstić information content (AvgIpc) is 2.06. The van der Waals surface area contributed by atoms with Crippen LogP contribution in [0.2, 0.25) is 0 Å². The van der Waals surface area contributed by atoms with E-state index >= 15 is 0 Å². The van der Waals surface area contributed by atoms with Gasteiger partial charge in [0.25, 0.3) is 6.43 Å². The fourth-order valence-corrected chi connectivity index (χ4v) is 1.37. The number of aromatic nitrogens is 1. The minimum atomic E-state index is -4.72. The van der Waals surface area contributed by atoms with Crippen LogP contribution in [0, 0.1) is 6.92 Å². The summed E-state index contributed by atoms with van der Waals surface area (Å²) in [5.41, 5.74) is -2.16. The van der Waals surface area contributed by atoms with Gasteiger partial charge in [0.2, 0.25) is 0 Å². The molecule has 1 aromatic rings. The van der Waals surface area contributed by atoms with E-state index in [1.54, 1.807) is 0 Å². The minimum absolute atomic E-state index is 0.0120. The van der Waals surface area contributed by atoms with Crippen molar-refractivity contribution in [2.24, 2.45) is 0 Å². The van der Waals surface area contributed by atoms with Crippen LogP contribution >= 0.6 is 15.9 Å². The van der Waals surface area contributed by atoms with E-state index in [1.165, 1.54) is 6.92 Å². The molecule has 0 atom stereocenters. The summed E-state index contributed by atoms with van der Waals surface area (Å²) in [5, 5.41) is 0. The monoisotopic (exact) mass is 289 g/mol. The van der Waals surface area contributed by atoms with Gasteiger partial charge in [0, 0.05) is 4.47 Å². The molecule has 0 spiro atoms. The highest BCUT2D eigenvalue weighted by molar-refractivity contribution is 9.10. The lowest BCUT2D eigenvalue weighted by Crippen LogP contribution is -2.11. The van der Waals surface area contributed by atoms with Crippen molar-refractivity contribution in [1.29, 1.82) is 0 Å². The lowest BCUT2D eigenvalue weighted by molar-refractivity contribution is -0.141. The maximum atomic E-state index is 12.3.